The van der Waals surface area contributed by atoms with Crippen molar-refractivity contribution in [3.63, 3.8) is 0 Å². The Morgan fingerprint density at radius 2 is 1.18 bits per heavy atom. The third-order valence-electron chi connectivity index (χ3n) is 8.02. The third kappa shape index (κ3) is 9.82. The van der Waals surface area contributed by atoms with E-state index in [0.717, 1.165) is 24.8 Å². The summed E-state index contributed by atoms with van der Waals surface area (Å²) in [6.07, 6.45) is 6.81. The normalized spacial score (nSPS) is 13.0. The molecule has 0 saturated carbocycles. The molecule has 0 aliphatic rings. The maximum Gasteiger partial charge on any atom is 0.338 e. The van der Waals surface area contributed by atoms with Crippen LogP contribution in [0.15, 0.2) is 78.9 Å². The van der Waals surface area contributed by atoms with E-state index >= 15 is 0 Å². The van der Waals surface area contributed by atoms with Crippen LogP contribution >= 0.6 is 0 Å². The first-order valence-corrected chi connectivity index (χ1v) is 15.2. The average molecular weight is 543 g/mol. The molecule has 0 saturated heterocycles. The van der Waals surface area contributed by atoms with Crippen molar-refractivity contribution in [2.45, 2.75) is 103 Å². The second kappa shape index (κ2) is 16.2. The van der Waals surface area contributed by atoms with Crippen LogP contribution in [0.25, 0.3) is 0 Å². The molecular weight excluding hydrogens is 492 g/mol. The third-order valence-corrected chi connectivity index (χ3v) is 8.02. The lowest BCUT2D eigenvalue weighted by Gasteiger charge is -2.27. The number of unbranched alkanes of at least 4 members (excludes halogenated alkanes) is 1. The van der Waals surface area contributed by atoms with E-state index in [9.17, 15) is 4.79 Å². The van der Waals surface area contributed by atoms with Crippen molar-refractivity contribution < 1.29 is 9.63 Å². The topological polar surface area (TPSA) is 55.6 Å². The van der Waals surface area contributed by atoms with Gasteiger partial charge in [0.15, 0.2) is 0 Å². The predicted molar refractivity (Wildman–Crippen MR) is 167 cm³/mol. The Kier molecular flexibility index (Phi) is 12.7. The molecule has 3 aromatic rings. The lowest BCUT2D eigenvalue weighted by atomic mass is 9.85. The highest BCUT2D eigenvalue weighted by Gasteiger charge is 2.21. The highest BCUT2D eigenvalue weighted by molar-refractivity contribution is 5.70. The standard InChI is InChI=1S/C36H50N2O2/c1-6-7-14-32(33-21-17-30(18-22-33)27(2)3)15-11-16-35(34-23-19-31(20-24-34)28(4)5)25-38(36(37)39)40-26-29-12-9-8-10-13-29/h8-10,12-13,17-24,27-28,32,35H,6-7,11,14-16,25-26H2,1-5H3,(H2,37,39). The first-order chi connectivity index (χ1) is 19.3. The number of primary amides is 1. The molecule has 0 radical (unpaired) electrons. The lowest BCUT2D eigenvalue weighted by molar-refractivity contribution is -0.129. The summed E-state index contributed by atoms with van der Waals surface area (Å²) in [6.45, 7) is 11.9. The number of hydroxylamine groups is 2. The maximum atomic E-state index is 12.4. The number of hydrogen-bond donors (Lipinski definition) is 1. The summed E-state index contributed by atoms with van der Waals surface area (Å²) in [5, 5.41) is 1.35. The van der Waals surface area contributed by atoms with Gasteiger partial charge in [0.25, 0.3) is 0 Å². The number of carbonyl (C=O) groups is 1. The van der Waals surface area contributed by atoms with E-state index in [4.69, 9.17) is 10.6 Å². The van der Waals surface area contributed by atoms with E-state index in [-0.39, 0.29) is 5.92 Å². The van der Waals surface area contributed by atoms with Crippen molar-refractivity contribution in [3.8, 4) is 0 Å². The SMILES string of the molecule is CCCCC(CCCC(CN(OCc1ccccc1)C(N)=O)c1ccc(C(C)C)cc1)c1ccc(C(C)C)cc1. The molecule has 3 rings (SSSR count). The van der Waals surface area contributed by atoms with Crippen LogP contribution in [0.2, 0.25) is 0 Å². The minimum absolute atomic E-state index is 0.139. The van der Waals surface area contributed by atoms with Gasteiger partial charge < -0.3 is 5.73 Å². The van der Waals surface area contributed by atoms with Crippen molar-refractivity contribution in [3.05, 3.63) is 107 Å². The zero-order valence-electron chi connectivity index (χ0n) is 25.3. The number of rotatable bonds is 16. The number of nitrogens with two attached hydrogens (primary N) is 1. The number of urea groups is 1. The number of hydrogen-bond acceptors (Lipinski definition) is 2. The van der Waals surface area contributed by atoms with Gasteiger partial charge in [0, 0.05) is 5.92 Å². The van der Waals surface area contributed by atoms with E-state index < -0.39 is 6.03 Å². The molecule has 0 fully saturated rings. The molecule has 0 spiro atoms. The zero-order valence-corrected chi connectivity index (χ0v) is 25.3. The monoisotopic (exact) mass is 542 g/mol. The van der Waals surface area contributed by atoms with Gasteiger partial charge in [-0.15, -0.1) is 0 Å². The Balaban J connectivity index is 1.74. The van der Waals surface area contributed by atoms with Gasteiger partial charge in [-0.25, -0.2) is 9.86 Å². The maximum absolute atomic E-state index is 12.4. The molecule has 2 unspecified atom stereocenters. The van der Waals surface area contributed by atoms with Crippen LogP contribution in [-0.4, -0.2) is 17.6 Å². The number of carbonyl (C=O) groups excluding carboxylic acids is 1. The Morgan fingerprint density at radius 1 is 0.700 bits per heavy atom. The minimum Gasteiger partial charge on any atom is -0.350 e. The van der Waals surface area contributed by atoms with Crippen molar-refractivity contribution in [1.82, 2.24) is 5.06 Å². The Morgan fingerprint density at radius 3 is 1.68 bits per heavy atom. The molecule has 4 heteroatoms. The molecule has 0 aliphatic heterocycles. The molecule has 0 bridgehead atoms. The molecule has 40 heavy (non-hydrogen) atoms. The van der Waals surface area contributed by atoms with E-state index in [1.165, 1.54) is 46.6 Å². The second-order valence-corrected chi connectivity index (χ2v) is 11.8. The van der Waals surface area contributed by atoms with Crippen LogP contribution in [0.5, 0.6) is 0 Å². The lowest BCUT2D eigenvalue weighted by Crippen LogP contribution is -2.38. The summed E-state index contributed by atoms with van der Waals surface area (Å²) in [6, 6.07) is 27.5. The summed E-state index contributed by atoms with van der Waals surface area (Å²) in [5.74, 6) is 1.71. The van der Waals surface area contributed by atoms with Gasteiger partial charge in [-0.2, -0.15) is 0 Å². The van der Waals surface area contributed by atoms with Crippen molar-refractivity contribution in [1.29, 1.82) is 0 Å². The van der Waals surface area contributed by atoms with Crippen LogP contribution in [-0.2, 0) is 11.4 Å². The van der Waals surface area contributed by atoms with Gasteiger partial charge in [-0.05, 0) is 64.8 Å². The van der Waals surface area contributed by atoms with E-state index in [1.54, 1.807) is 0 Å². The quantitative estimate of drug-likeness (QED) is 0.183. The fourth-order valence-corrected chi connectivity index (χ4v) is 5.34. The Labute approximate surface area is 242 Å². The van der Waals surface area contributed by atoms with Crippen LogP contribution in [0.3, 0.4) is 0 Å². The van der Waals surface area contributed by atoms with Crippen molar-refractivity contribution >= 4 is 6.03 Å². The van der Waals surface area contributed by atoms with E-state index in [2.05, 4.69) is 83.1 Å². The van der Waals surface area contributed by atoms with Gasteiger partial charge in [0.05, 0.1) is 6.54 Å². The van der Waals surface area contributed by atoms with Crippen LogP contribution in [0.1, 0.15) is 125 Å². The summed E-state index contributed by atoms with van der Waals surface area (Å²) in [4.78, 5) is 18.4. The largest absolute Gasteiger partial charge is 0.350 e. The van der Waals surface area contributed by atoms with Crippen LogP contribution in [0, 0.1) is 0 Å². The molecule has 0 aromatic heterocycles. The first kappa shape index (κ1) is 31.4. The molecule has 2 amide bonds. The number of amides is 2. The second-order valence-electron chi connectivity index (χ2n) is 11.8. The Bertz CT molecular complexity index is 1120. The summed E-state index contributed by atoms with van der Waals surface area (Å²) >= 11 is 0. The molecular formula is C36H50N2O2. The summed E-state index contributed by atoms with van der Waals surface area (Å²) in [7, 11) is 0. The molecule has 3 aromatic carbocycles. The number of benzene rings is 3. The van der Waals surface area contributed by atoms with E-state index in [1.807, 2.05) is 30.3 Å². The summed E-state index contributed by atoms with van der Waals surface area (Å²) < 4.78 is 0. The van der Waals surface area contributed by atoms with Gasteiger partial charge in [-0.3, -0.25) is 4.84 Å². The Hall–Kier alpha value is -3.11. The van der Waals surface area contributed by atoms with Crippen molar-refractivity contribution in [2.75, 3.05) is 6.54 Å². The highest BCUT2D eigenvalue weighted by Crippen LogP contribution is 2.32. The van der Waals surface area contributed by atoms with Gasteiger partial charge >= 0.3 is 6.03 Å². The summed E-state index contributed by atoms with van der Waals surface area (Å²) in [5.41, 5.74) is 12.2. The van der Waals surface area contributed by atoms with Gasteiger partial charge in [-0.1, -0.05) is 133 Å². The number of nitrogens with zero attached hydrogens (tertiary/aromatic N) is 1. The van der Waals surface area contributed by atoms with E-state index in [0.29, 0.717) is 30.9 Å². The molecule has 4 nitrogen and oxygen atoms in total. The molecule has 2 N–H and O–H groups in total. The zero-order chi connectivity index (χ0) is 28.9. The minimum atomic E-state index is -0.550. The highest BCUT2D eigenvalue weighted by atomic mass is 16.7. The average Bonchev–Trinajstić information content (AvgIpc) is 2.96. The fourth-order valence-electron chi connectivity index (χ4n) is 5.34. The first-order valence-electron chi connectivity index (χ1n) is 15.2. The smallest absolute Gasteiger partial charge is 0.338 e. The predicted octanol–water partition coefficient (Wildman–Crippen LogP) is 9.67. The van der Waals surface area contributed by atoms with Crippen LogP contribution < -0.4 is 5.73 Å². The fraction of sp³-hybridized carbons (Fsp3) is 0.472. The molecule has 216 valence electrons. The molecule has 2 atom stereocenters. The molecule has 0 heterocycles. The van der Waals surface area contributed by atoms with Gasteiger partial charge in [0.1, 0.15) is 6.61 Å². The molecule has 0 aliphatic carbocycles. The van der Waals surface area contributed by atoms with Crippen LogP contribution in [0.4, 0.5) is 4.79 Å². The van der Waals surface area contributed by atoms with Crippen molar-refractivity contribution in [2.24, 2.45) is 5.73 Å². The van der Waals surface area contributed by atoms with Gasteiger partial charge in [0.2, 0.25) is 0 Å².